The third-order valence-corrected chi connectivity index (χ3v) is 4.77. The number of esters is 1. The molecule has 1 aliphatic rings. The first-order valence-corrected chi connectivity index (χ1v) is 8.57. The van der Waals surface area contributed by atoms with Gasteiger partial charge in [0.2, 0.25) is 5.78 Å². The molecule has 1 aliphatic heterocycles. The summed E-state index contributed by atoms with van der Waals surface area (Å²) in [5.74, 6) is -0.678. The van der Waals surface area contributed by atoms with Gasteiger partial charge in [-0.15, -0.1) is 0 Å². The Morgan fingerprint density at radius 1 is 1.36 bits per heavy atom. The van der Waals surface area contributed by atoms with Crippen LogP contribution in [0, 0.1) is 13.8 Å². The van der Waals surface area contributed by atoms with Crippen LogP contribution in [0.2, 0.25) is 0 Å². The molecule has 0 bridgehead atoms. The number of nitrogens with zero attached hydrogens (tertiary/aromatic N) is 2. The Kier molecular flexibility index (Phi) is 5.08. The minimum atomic E-state index is -0.492. The van der Waals surface area contributed by atoms with Crippen LogP contribution >= 0.6 is 0 Å². The van der Waals surface area contributed by atoms with E-state index in [1.807, 2.05) is 19.9 Å². The van der Waals surface area contributed by atoms with Crippen LogP contribution < -0.4 is 0 Å². The number of aryl methyl sites for hydroxylation is 2. The molecule has 0 N–H and O–H groups in total. The molecule has 2 aromatic rings. The van der Waals surface area contributed by atoms with Crippen molar-refractivity contribution in [2.45, 2.75) is 39.3 Å². The largest absolute Gasteiger partial charge is 0.453 e. The molecule has 3 rings (SSSR count). The van der Waals surface area contributed by atoms with E-state index in [1.54, 1.807) is 29.9 Å². The molecule has 0 aliphatic carbocycles. The van der Waals surface area contributed by atoms with Gasteiger partial charge >= 0.3 is 5.97 Å². The molecule has 2 aromatic heterocycles. The predicted octanol–water partition coefficient (Wildman–Crippen LogP) is 2.66. The lowest BCUT2D eigenvalue weighted by atomic mass is 10.1. The molecule has 0 spiro atoms. The smallest absolute Gasteiger partial charge is 0.355 e. The Labute approximate surface area is 147 Å². The Hall–Kier alpha value is -2.34. The van der Waals surface area contributed by atoms with Crippen molar-refractivity contribution < 1.29 is 19.1 Å². The highest BCUT2D eigenvalue weighted by Crippen LogP contribution is 2.21. The molecular weight excluding hydrogens is 320 g/mol. The summed E-state index contributed by atoms with van der Waals surface area (Å²) in [6.45, 7) is 5.22. The maximum atomic E-state index is 12.5. The van der Waals surface area contributed by atoms with Crippen LogP contribution in [0.5, 0.6) is 0 Å². The Bertz CT molecular complexity index is 781. The van der Waals surface area contributed by atoms with E-state index in [2.05, 4.69) is 4.57 Å². The molecule has 6 nitrogen and oxygen atoms in total. The number of hydrogen-bond donors (Lipinski definition) is 0. The van der Waals surface area contributed by atoms with E-state index in [0.29, 0.717) is 11.3 Å². The summed E-state index contributed by atoms with van der Waals surface area (Å²) in [6, 6.07) is 5.29. The van der Waals surface area contributed by atoms with Crippen LogP contribution in [0.15, 0.2) is 24.4 Å². The standard InChI is InChI=1S/C19H24N2O4/c1-13-10-16(14(2)21(13)11-15-6-5-9-24-15)18(22)12-25-19(23)17-7-4-8-20(17)3/h4,7-8,10,15H,5-6,9,11-12H2,1-3H3. The summed E-state index contributed by atoms with van der Waals surface area (Å²) in [5.41, 5.74) is 2.95. The van der Waals surface area contributed by atoms with Gasteiger partial charge in [0, 0.05) is 43.3 Å². The van der Waals surface area contributed by atoms with E-state index in [1.165, 1.54) is 0 Å². The van der Waals surface area contributed by atoms with Crippen molar-refractivity contribution in [1.29, 1.82) is 0 Å². The van der Waals surface area contributed by atoms with E-state index >= 15 is 0 Å². The van der Waals surface area contributed by atoms with Gasteiger partial charge in [0.05, 0.1) is 6.10 Å². The van der Waals surface area contributed by atoms with Gasteiger partial charge < -0.3 is 18.6 Å². The van der Waals surface area contributed by atoms with Crippen molar-refractivity contribution in [3.05, 3.63) is 47.0 Å². The maximum Gasteiger partial charge on any atom is 0.355 e. The lowest BCUT2D eigenvalue weighted by Crippen LogP contribution is -2.18. The number of aromatic nitrogens is 2. The van der Waals surface area contributed by atoms with Crippen molar-refractivity contribution in [2.75, 3.05) is 13.2 Å². The van der Waals surface area contributed by atoms with Crippen molar-refractivity contribution in [3.8, 4) is 0 Å². The molecule has 25 heavy (non-hydrogen) atoms. The van der Waals surface area contributed by atoms with Crippen molar-refractivity contribution >= 4 is 11.8 Å². The fourth-order valence-electron chi connectivity index (χ4n) is 3.31. The second-order valence-electron chi connectivity index (χ2n) is 6.53. The molecule has 1 atom stereocenters. The van der Waals surface area contributed by atoms with Gasteiger partial charge in [-0.25, -0.2) is 4.79 Å². The Balaban J connectivity index is 1.66. The van der Waals surface area contributed by atoms with Crippen LogP contribution in [-0.2, 0) is 23.1 Å². The lowest BCUT2D eigenvalue weighted by molar-refractivity contribution is 0.0465. The molecule has 0 saturated carbocycles. The van der Waals surface area contributed by atoms with Gasteiger partial charge in [0.15, 0.2) is 6.61 Å². The zero-order chi connectivity index (χ0) is 18.0. The zero-order valence-corrected chi connectivity index (χ0v) is 14.9. The molecule has 0 amide bonds. The van der Waals surface area contributed by atoms with Crippen molar-refractivity contribution in [2.24, 2.45) is 7.05 Å². The molecule has 0 aromatic carbocycles. The van der Waals surface area contributed by atoms with Crippen molar-refractivity contribution in [3.63, 3.8) is 0 Å². The lowest BCUT2D eigenvalue weighted by Gasteiger charge is -2.14. The van der Waals surface area contributed by atoms with E-state index < -0.39 is 5.97 Å². The number of rotatable bonds is 6. The first-order chi connectivity index (χ1) is 12.0. The van der Waals surface area contributed by atoms with Gasteiger partial charge in [-0.2, -0.15) is 0 Å². The summed E-state index contributed by atoms with van der Waals surface area (Å²) in [5, 5.41) is 0. The monoisotopic (exact) mass is 344 g/mol. The Morgan fingerprint density at radius 2 is 2.16 bits per heavy atom. The van der Waals surface area contributed by atoms with Gasteiger partial charge in [0.1, 0.15) is 5.69 Å². The van der Waals surface area contributed by atoms with Gasteiger partial charge in [-0.05, 0) is 44.9 Å². The summed E-state index contributed by atoms with van der Waals surface area (Å²) in [4.78, 5) is 24.5. The fraction of sp³-hybridized carbons (Fsp3) is 0.474. The number of Topliss-reactive ketones (excluding diaryl/α,β-unsaturated/α-hetero) is 1. The quantitative estimate of drug-likeness (QED) is 0.597. The summed E-state index contributed by atoms with van der Waals surface area (Å²) >= 11 is 0. The zero-order valence-electron chi connectivity index (χ0n) is 14.9. The van der Waals surface area contributed by atoms with E-state index in [-0.39, 0.29) is 18.5 Å². The van der Waals surface area contributed by atoms with Crippen LogP contribution in [0.25, 0.3) is 0 Å². The van der Waals surface area contributed by atoms with E-state index in [4.69, 9.17) is 9.47 Å². The normalized spacial score (nSPS) is 17.0. The molecule has 1 unspecified atom stereocenters. The number of carbonyl (C=O) groups is 2. The van der Waals surface area contributed by atoms with E-state index in [9.17, 15) is 9.59 Å². The molecule has 6 heteroatoms. The molecule has 3 heterocycles. The maximum absolute atomic E-state index is 12.5. The van der Waals surface area contributed by atoms with Crippen LogP contribution in [-0.4, -0.2) is 40.2 Å². The third-order valence-electron chi connectivity index (χ3n) is 4.77. The summed E-state index contributed by atoms with van der Waals surface area (Å²) in [6.07, 6.45) is 4.11. The molecule has 134 valence electrons. The number of hydrogen-bond acceptors (Lipinski definition) is 4. The van der Waals surface area contributed by atoms with Gasteiger partial charge in [-0.3, -0.25) is 4.79 Å². The highest BCUT2D eigenvalue weighted by Gasteiger charge is 2.22. The first kappa shape index (κ1) is 17.5. The first-order valence-electron chi connectivity index (χ1n) is 8.57. The van der Waals surface area contributed by atoms with Gasteiger partial charge in [0.25, 0.3) is 0 Å². The van der Waals surface area contributed by atoms with E-state index in [0.717, 1.165) is 37.4 Å². The topological polar surface area (TPSA) is 62.5 Å². The van der Waals surface area contributed by atoms with Gasteiger partial charge in [-0.1, -0.05) is 0 Å². The minimum Gasteiger partial charge on any atom is -0.453 e. The second kappa shape index (κ2) is 7.27. The molecule has 1 fully saturated rings. The second-order valence-corrected chi connectivity index (χ2v) is 6.53. The SMILES string of the molecule is Cc1cc(C(=O)COC(=O)c2cccn2C)c(C)n1CC1CCCO1. The Morgan fingerprint density at radius 3 is 2.80 bits per heavy atom. The average Bonchev–Trinajstić information content (AvgIpc) is 3.30. The summed E-state index contributed by atoms with van der Waals surface area (Å²) in [7, 11) is 1.76. The minimum absolute atomic E-state index is 0.186. The predicted molar refractivity (Wildman–Crippen MR) is 92.9 cm³/mol. The number of ketones is 1. The fourth-order valence-corrected chi connectivity index (χ4v) is 3.31. The average molecular weight is 344 g/mol. The number of ether oxygens (including phenoxy) is 2. The number of carbonyl (C=O) groups excluding carboxylic acids is 2. The van der Waals surface area contributed by atoms with Crippen molar-refractivity contribution in [1.82, 2.24) is 9.13 Å². The molecule has 1 saturated heterocycles. The third kappa shape index (κ3) is 3.69. The summed E-state index contributed by atoms with van der Waals surface area (Å²) < 4.78 is 14.6. The highest BCUT2D eigenvalue weighted by molar-refractivity contribution is 6.00. The van der Waals surface area contributed by atoms with Crippen LogP contribution in [0.4, 0.5) is 0 Å². The molecule has 0 radical (unpaired) electrons. The molecular formula is C19H24N2O4. The highest BCUT2D eigenvalue weighted by atomic mass is 16.5. The van der Waals surface area contributed by atoms with Crippen LogP contribution in [0.3, 0.4) is 0 Å². The van der Waals surface area contributed by atoms with Crippen LogP contribution in [0.1, 0.15) is 45.1 Å².